The van der Waals surface area contributed by atoms with Gasteiger partial charge in [-0.25, -0.2) is 9.78 Å². The molecule has 1 heterocycles. The van der Waals surface area contributed by atoms with E-state index in [1.54, 1.807) is 14.2 Å². The average molecular weight is 322 g/mol. The highest BCUT2D eigenvalue weighted by Crippen LogP contribution is 2.43. The molecule has 1 N–H and O–H groups in total. The van der Waals surface area contributed by atoms with Gasteiger partial charge >= 0.3 is 0 Å². The molecule has 0 saturated heterocycles. The molecule has 2 aromatic rings. The maximum absolute atomic E-state index is 8.31. The molecule has 0 aliphatic heterocycles. The fourth-order valence-electron chi connectivity index (χ4n) is 2.18. The number of hydrogen-bond donors (Lipinski definition) is 1. The lowest BCUT2D eigenvalue weighted by atomic mass is 10.2. The summed E-state index contributed by atoms with van der Waals surface area (Å²) >= 11 is 0. The first-order valence-corrected chi connectivity index (χ1v) is 6.81. The summed E-state index contributed by atoms with van der Waals surface area (Å²) in [7, 11) is 4.53. The first kappa shape index (κ1) is 16.8. The van der Waals surface area contributed by atoms with Crippen molar-refractivity contribution < 1.29 is 24.0 Å². The van der Waals surface area contributed by atoms with Gasteiger partial charge in [-0.05, 0) is 17.7 Å². The zero-order valence-corrected chi connectivity index (χ0v) is 13.2. The minimum atomic E-state index is 0.207. The van der Waals surface area contributed by atoms with Crippen molar-refractivity contribution in [2.45, 2.75) is 6.61 Å². The van der Waals surface area contributed by atoms with E-state index >= 15 is 0 Å². The molecular weight excluding hydrogens is 304 g/mol. The maximum Gasteiger partial charge on any atom is 0.205 e. The lowest BCUT2D eigenvalue weighted by molar-refractivity contribution is -0.282. The average Bonchev–Trinajstić information content (AvgIpc) is 2.98. The number of azide groups is 1. The molecule has 23 heavy (non-hydrogen) atoms. The Hall–Kier alpha value is -2.61. The van der Waals surface area contributed by atoms with Crippen LogP contribution < -0.4 is 14.2 Å². The standard InChI is InChI=1S/C14H18N4O5/c1-19-11-7-9-6-10(8-23-21-3)17-12(9)14(20-2)13(11)22-5-4-16-18-15/h6-7,17H,4-5,8H2,1-3H3. The Balaban J connectivity index is 2.40. The van der Waals surface area contributed by atoms with Crippen molar-refractivity contribution in [3.8, 4) is 17.2 Å². The van der Waals surface area contributed by atoms with Crippen molar-refractivity contribution in [2.75, 3.05) is 34.5 Å². The van der Waals surface area contributed by atoms with E-state index < -0.39 is 0 Å². The second-order valence-corrected chi connectivity index (χ2v) is 4.43. The summed E-state index contributed by atoms with van der Waals surface area (Å²) in [6.45, 7) is 0.685. The third-order valence-electron chi connectivity index (χ3n) is 3.10. The van der Waals surface area contributed by atoms with Gasteiger partial charge in [0.2, 0.25) is 5.75 Å². The summed E-state index contributed by atoms with van der Waals surface area (Å²) in [5.41, 5.74) is 9.87. The largest absolute Gasteiger partial charge is 0.493 e. The number of H-pyrrole nitrogens is 1. The zero-order chi connectivity index (χ0) is 16.7. The summed E-state index contributed by atoms with van der Waals surface area (Å²) < 4.78 is 16.5. The quantitative estimate of drug-likeness (QED) is 0.190. The Morgan fingerprint density at radius 3 is 2.65 bits per heavy atom. The van der Waals surface area contributed by atoms with Crippen LogP contribution in [0.5, 0.6) is 17.2 Å². The third kappa shape index (κ3) is 3.78. The number of benzene rings is 1. The van der Waals surface area contributed by atoms with Crippen LogP contribution in [-0.2, 0) is 16.4 Å². The normalized spacial score (nSPS) is 10.4. The third-order valence-corrected chi connectivity index (χ3v) is 3.10. The van der Waals surface area contributed by atoms with Crippen molar-refractivity contribution in [3.05, 3.63) is 28.3 Å². The number of fused-ring (bicyclic) bond motifs is 1. The fraction of sp³-hybridized carbons (Fsp3) is 0.429. The van der Waals surface area contributed by atoms with Gasteiger partial charge in [0.05, 0.1) is 40.0 Å². The molecule has 124 valence electrons. The molecule has 0 aliphatic rings. The van der Waals surface area contributed by atoms with E-state index in [0.717, 1.165) is 16.6 Å². The molecule has 0 aliphatic carbocycles. The topological polar surface area (TPSA) is 111 Å². The minimum absolute atomic E-state index is 0.207. The maximum atomic E-state index is 8.31. The molecular formula is C14H18N4O5. The van der Waals surface area contributed by atoms with E-state index in [1.807, 2.05) is 12.1 Å². The van der Waals surface area contributed by atoms with Crippen molar-refractivity contribution in [3.63, 3.8) is 0 Å². The van der Waals surface area contributed by atoms with Gasteiger partial charge in [0.15, 0.2) is 11.5 Å². The number of aromatic amines is 1. The smallest absolute Gasteiger partial charge is 0.205 e. The molecule has 0 unspecified atom stereocenters. The molecule has 0 atom stereocenters. The summed E-state index contributed by atoms with van der Waals surface area (Å²) in [5.74, 6) is 1.47. The van der Waals surface area contributed by atoms with Gasteiger partial charge in [0.1, 0.15) is 6.61 Å². The second kappa shape index (κ2) is 8.14. The monoisotopic (exact) mass is 322 g/mol. The number of nitrogens with one attached hydrogen (secondary N) is 1. The molecule has 0 fully saturated rings. The molecule has 0 saturated carbocycles. The SMILES string of the molecule is COOCc1cc2cc(OC)c(OCCN=[N+]=[N-])c(OC)c2[nH]1. The molecule has 0 spiro atoms. The highest BCUT2D eigenvalue weighted by Gasteiger charge is 2.18. The van der Waals surface area contributed by atoms with Crippen LogP contribution >= 0.6 is 0 Å². The van der Waals surface area contributed by atoms with Gasteiger partial charge in [-0.2, -0.15) is 0 Å². The first-order chi connectivity index (χ1) is 11.2. The predicted molar refractivity (Wildman–Crippen MR) is 82.7 cm³/mol. The zero-order valence-electron chi connectivity index (χ0n) is 13.2. The highest BCUT2D eigenvalue weighted by molar-refractivity contribution is 5.91. The molecule has 0 amide bonds. The van der Waals surface area contributed by atoms with Crippen LogP contribution in [0, 0.1) is 0 Å². The van der Waals surface area contributed by atoms with E-state index in [-0.39, 0.29) is 19.8 Å². The number of aromatic nitrogens is 1. The Labute approximate surface area is 132 Å². The molecule has 9 heteroatoms. The lowest BCUT2D eigenvalue weighted by Crippen LogP contribution is -2.04. The van der Waals surface area contributed by atoms with Gasteiger partial charge in [0.25, 0.3) is 0 Å². The van der Waals surface area contributed by atoms with Crippen LogP contribution in [0.2, 0.25) is 0 Å². The number of nitrogens with zero attached hydrogens (tertiary/aromatic N) is 3. The lowest BCUT2D eigenvalue weighted by Gasteiger charge is -2.14. The van der Waals surface area contributed by atoms with Crippen molar-refractivity contribution >= 4 is 10.9 Å². The molecule has 0 bridgehead atoms. The van der Waals surface area contributed by atoms with E-state index in [0.29, 0.717) is 17.2 Å². The molecule has 1 aromatic carbocycles. The number of ether oxygens (including phenoxy) is 3. The van der Waals surface area contributed by atoms with Gasteiger partial charge in [-0.15, -0.1) is 0 Å². The van der Waals surface area contributed by atoms with Crippen LogP contribution in [0.3, 0.4) is 0 Å². The van der Waals surface area contributed by atoms with Crippen LogP contribution in [0.15, 0.2) is 17.2 Å². The highest BCUT2D eigenvalue weighted by atomic mass is 17.2. The Bertz CT molecular complexity index is 709. The Kier molecular flexibility index (Phi) is 5.93. The van der Waals surface area contributed by atoms with Crippen LogP contribution in [0.25, 0.3) is 21.3 Å². The fourth-order valence-corrected chi connectivity index (χ4v) is 2.18. The summed E-state index contributed by atoms with van der Waals surface area (Å²) in [6, 6.07) is 3.73. The van der Waals surface area contributed by atoms with Crippen LogP contribution in [-0.4, -0.2) is 39.5 Å². The first-order valence-electron chi connectivity index (χ1n) is 6.81. The Morgan fingerprint density at radius 2 is 2.00 bits per heavy atom. The van der Waals surface area contributed by atoms with E-state index in [2.05, 4.69) is 19.9 Å². The summed E-state index contributed by atoms with van der Waals surface area (Å²) in [4.78, 5) is 15.4. The van der Waals surface area contributed by atoms with Gasteiger partial charge in [-0.3, -0.25) is 0 Å². The second-order valence-electron chi connectivity index (χ2n) is 4.43. The van der Waals surface area contributed by atoms with E-state index in [1.165, 1.54) is 7.11 Å². The van der Waals surface area contributed by atoms with E-state index in [9.17, 15) is 0 Å². The summed E-state index contributed by atoms with van der Waals surface area (Å²) in [6.07, 6.45) is 0. The molecule has 1 aromatic heterocycles. The van der Waals surface area contributed by atoms with Crippen LogP contribution in [0.4, 0.5) is 0 Å². The van der Waals surface area contributed by atoms with Crippen LogP contribution in [0.1, 0.15) is 5.69 Å². The number of rotatable bonds is 9. The Morgan fingerprint density at radius 1 is 1.17 bits per heavy atom. The summed E-state index contributed by atoms with van der Waals surface area (Å²) in [5, 5.41) is 4.32. The number of hydrogen-bond acceptors (Lipinski definition) is 6. The predicted octanol–water partition coefficient (Wildman–Crippen LogP) is 2.95. The molecule has 0 radical (unpaired) electrons. The van der Waals surface area contributed by atoms with Crippen molar-refractivity contribution in [2.24, 2.45) is 5.11 Å². The van der Waals surface area contributed by atoms with Crippen molar-refractivity contribution in [1.82, 2.24) is 4.98 Å². The number of methoxy groups -OCH3 is 2. The van der Waals surface area contributed by atoms with E-state index in [4.69, 9.17) is 24.6 Å². The van der Waals surface area contributed by atoms with Gasteiger partial charge in [-0.1, -0.05) is 5.11 Å². The molecule has 2 rings (SSSR count). The van der Waals surface area contributed by atoms with Crippen molar-refractivity contribution in [1.29, 1.82) is 0 Å². The van der Waals surface area contributed by atoms with Gasteiger partial charge in [0, 0.05) is 16.0 Å². The molecule has 9 nitrogen and oxygen atoms in total. The van der Waals surface area contributed by atoms with Gasteiger partial charge < -0.3 is 19.2 Å². The minimum Gasteiger partial charge on any atom is -0.493 e.